The smallest absolute Gasteiger partial charge is 0.325 e. The molecule has 82 valence electrons. The van der Waals surface area contributed by atoms with Crippen molar-refractivity contribution < 1.29 is 14.7 Å². The van der Waals surface area contributed by atoms with Gasteiger partial charge in [0.25, 0.3) is 5.91 Å². The number of hydrogen-bond acceptors (Lipinski definition) is 3. The second-order valence-corrected chi connectivity index (χ2v) is 3.12. The number of aliphatic carboxylic acids is 1. The number of aromatic nitrogens is 2. The van der Waals surface area contributed by atoms with Crippen molar-refractivity contribution in [2.24, 2.45) is 0 Å². The maximum atomic E-state index is 11.5. The highest BCUT2D eigenvalue weighted by Crippen LogP contribution is 1.98. The maximum absolute atomic E-state index is 11.5. The van der Waals surface area contributed by atoms with E-state index >= 15 is 0 Å². The molecule has 0 aliphatic rings. The van der Waals surface area contributed by atoms with Gasteiger partial charge in [0, 0.05) is 12.7 Å². The lowest BCUT2D eigenvalue weighted by atomic mass is 10.3. The Morgan fingerprint density at radius 1 is 1.67 bits per heavy atom. The molecule has 0 bridgehead atoms. The van der Waals surface area contributed by atoms with E-state index in [0.29, 0.717) is 12.1 Å². The third-order valence-electron chi connectivity index (χ3n) is 1.94. The number of rotatable bonds is 4. The van der Waals surface area contributed by atoms with Crippen LogP contribution in [0, 0.1) is 0 Å². The fourth-order valence-electron chi connectivity index (χ4n) is 0.995. The molecule has 6 heteroatoms. The Hall–Kier alpha value is -1.85. The number of carbonyl (C=O) groups excluding carboxylic acids is 1. The van der Waals surface area contributed by atoms with Gasteiger partial charge in [0.2, 0.25) is 0 Å². The number of hydrogen-bond donors (Lipinski definition) is 2. The highest BCUT2D eigenvalue weighted by atomic mass is 16.4. The second-order valence-electron chi connectivity index (χ2n) is 3.12. The molecule has 1 aromatic rings. The molecular formula is C9H13N3O3. The average Bonchev–Trinajstić information content (AvgIpc) is 2.65. The summed E-state index contributed by atoms with van der Waals surface area (Å²) in [6.07, 6.45) is 2.98. The molecule has 0 aliphatic carbocycles. The van der Waals surface area contributed by atoms with Crippen molar-refractivity contribution in [2.45, 2.75) is 26.4 Å². The zero-order chi connectivity index (χ0) is 11.4. The number of nitrogens with zero attached hydrogens (tertiary/aromatic N) is 2. The first kappa shape index (κ1) is 11.2. The number of amides is 1. The molecule has 0 saturated heterocycles. The fraction of sp³-hybridized carbons (Fsp3) is 0.444. The van der Waals surface area contributed by atoms with Crippen LogP contribution >= 0.6 is 0 Å². The number of nitrogens with one attached hydrogen (secondary N) is 1. The standard InChI is InChI=1S/C9H13N3O3/c1-3-12-5-7(4-10-12)8(13)11-6(2)9(14)15/h4-6H,3H2,1-2H3,(H,11,13)(H,14,15)/t6-/m0/s1. The van der Waals surface area contributed by atoms with Gasteiger partial charge in [-0.2, -0.15) is 5.10 Å². The van der Waals surface area contributed by atoms with Gasteiger partial charge in [0.05, 0.1) is 11.8 Å². The third kappa shape index (κ3) is 2.80. The molecule has 1 atom stereocenters. The monoisotopic (exact) mass is 211 g/mol. The average molecular weight is 211 g/mol. The normalized spacial score (nSPS) is 12.1. The Bertz CT molecular complexity index is 372. The van der Waals surface area contributed by atoms with Gasteiger partial charge in [-0.05, 0) is 13.8 Å². The minimum Gasteiger partial charge on any atom is -0.480 e. The molecule has 0 saturated carbocycles. The van der Waals surface area contributed by atoms with E-state index in [9.17, 15) is 9.59 Å². The Kier molecular flexibility index (Phi) is 3.43. The van der Waals surface area contributed by atoms with Crippen molar-refractivity contribution in [3.05, 3.63) is 18.0 Å². The van der Waals surface area contributed by atoms with Crippen LogP contribution in [-0.2, 0) is 11.3 Å². The van der Waals surface area contributed by atoms with E-state index < -0.39 is 17.9 Å². The summed E-state index contributed by atoms with van der Waals surface area (Å²) in [6.45, 7) is 3.97. The quantitative estimate of drug-likeness (QED) is 0.740. The summed E-state index contributed by atoms with van der Waals surface area (Å²) in [5.41, 5.74) is 0.366. The largest absolute Gasteiger partial charge is 0.480 e. The van der Waals surface area contributed by atoms with E-state index in [1.807, 2.05) is 6.92 Å². The van der Waals surface area contributed by atoms with Crippen LogP contribution in [0.2, 0.25) is 0 Å². The van der Waals surface area contributed by atoms with Crippen molar-refractivity contribution in [3.63, 3.8) is 0 Å². The molecule has 15 heavy (non-hydrogen) atoms. The van der Waals surface area contributed by atoms with Crippen LogP contribution in [0.5, 0.6) is 0 Å². The SMILES string of the molecule is CCn1cc(C(=O)N[C@@H](C)C(=O)O)cn1. The minimum absolute atomic E-state index is 0.366. The molecule has 1 heterocycles. The number of carbonyl (C=O) groups is 2. The van der Waals surface area contributed by atoms with Crippen LogP contribution in [0.15, 0.2) is 12.4 Å². The number of carboxylic acid groups (broad SMARTS) is 1. The highest BCUT2D eigenvalue weighted by Gasteiger charge is 2.16. The molecule has 0 unspecified atom stereocenters. The van der Waals surface area contributed by atoms with Gasteiger partial charge >= 0.3 is 5.97 Å². The number of carboxylic acids is 1. The van der Waals surface area contributed by atoms with E-state index in [1.54, 1.807) is 10.9 Å². The van der Waals surface area contributed by atoms with Crippen molar-refractivity contribution >= 4 is 11.9 Å². The first-order chi connectivity index (χ1) is 7.04. The molecule has 0 fully saturated rings. The molecule has 1 rings (SSSR count). The van der Waals surface area contributed by atoms with Gasteiger partial charge < -0.3 is 10.4 Å². The molecule has 0 radical (unpaired) electrons. The van der Waals surface area contributed by atoms with Gasteiger partial charge in [-0.15, -0.1) is 0 Å². The molecule has 6 nitrogen and oxygen atoms in total. The Balaban J connectivity index is 2.65. The molecule has 1 aromatic heterocycles. The summed E-state index contributed by atoms with van der Waals surface area (Å²) in [7, 11) is 0. The molecule has 1 amide bonds. The fourth-order valence-corrected chi connectivity index (χ4v) is 0.995. The third-order valence-corrected chi connectivity index (χ3v) is 1.94. The van der Waals surface area contributed by atoms with Crippen LogP contribution in [0.4, 0.5) is 0 Å². The Labute approximate surface area is 86.9 Å². The lowest BCUT2D eigenvalue weighted by molar-refractivity contribution is -0.138. The van der Waals surface area contributed by atoms with Crippen LogP contribution in [0.25, 0.3) is 0 Å². The Morgan fingerprint density at radius 3 is 2.80 bits per heavy atom. The molecule has 2 N–H and O–H groups in total. The van der Waals surface area contributed by atoms with E-state index in [0.717, 1.165) is 0 Å². The zero-order valence-electron chi connectivity index (χ0n) is 8.60. The molecule has 0 aromatic carbocycles. The zero-order valence-corrected chi connectivity index (χ0v) is 8.60. The summed E-state index contributed by atoms with van der Waals surface area (Å²) < 4.78 is 1.60. The van der Waals surface area contributed by atoms with Crippen molar-refractivity contribution in [3.8, 4) is 0 Å². The Morgan fingerprint density at radius 2 is 2.33 bits per heavy atom. The summed E-state index contributed by atoms with van der Waals surface area (Å²) >= 11 is 0. The van der Waals surface area contributed by atoms with Crippen molar-refractivity contribution in [1.29, 1.82) is 0 Å². The first-order valence-electron chi connectivity index (χ1n) is 4.60. The summed E-state index contributed by atoms with van der Waals surface area (Å²) in [4.78, 5) is 22.0. The van der Waals surface area contributed by atoms with Crippen LogP contribution in [0.1, 0.15) is 24.2 Å². The molecule has 0 aliphatic heterocycles. The van der Waals surface area contributed by atoms with Crippen molar-refractivity contribution in [1.82, 2.24) is 15.1 Å². The van der Waals surface area contributed by atoms with Gasteiger partial charge in [-0.25, -0.2) is 0 Å². The summed E-state index contributed by atoms with van der Waals surface area (Å²) in [5.74, 6) is -1.49. The number of aryl methyl sites for hydroxylation is 1. The lowest BCUT2D eigenvalue weighted by Gasteiger charge is -2.07. The van der Waals surface area contributed by atoms with Crippen LogP contribution in [-0.4, -0.2) is 32.8 Å². The minimum atomic E-state index is -1.06. The van der Waals surface area contributed by atoms with E-state index in [-0.39, 0.29) is 0 Å². The van der Waals surface area contributed by atoms with Crippen LogP contribution in [0.3, 0.4) is 0 Å². The second kappa shape index (κ2) is 4.59. The predicted molar refractivity (Wildman–Crippen MR) is 52.5 cm³/mol. The molecular weight excluding hydrogens is 198 g/mol. The van der Waals surface area contributed by atoms with Gasteiger partial charge in [-0.1, -0.05) is 0 Å². The van der Waals surface area contributed by atoms with Gasteiger partial charge in [0.1, 0.15) is 6.04 Å². The highest BCUT2D eigenvalue weighted by molar-refractivity contribution is 5.96. The topological polar surface area (TPSA) is 84.2 Å². The van der Waals surface area contributed by atoms with E-state index in [2.05, 4.69) is 10.4 Å². The summed E-state index contributed by atoms with van der Waals surface area (Å²) in [6, 6.07) is -0.900. The molecule has 0 spiro atoms. The van der Waals surface area contributed by atoms with Crippen molar-refractivity contribution in [2.75, 3.05) is 0 Å². The summed E-state index contributed by atoms with van der Waals surface area (Å²) in [5, 5.41) is 14.9. The van der Waals surface area contributed by atoms with E-state index in [4.69, 9.17) is 5.11 Å². The first-order valence-corrected chi connectivity index (χ1v) is 4.60. The lowest BCUT2D eigenvalue weighted by Crippen LogP contribution is -2.38. The van der Waals surface area contributed by atoms with Crippen LogP contribution < -0.4 is 5.32 Å². The van der Waals surface area contributed by atoms with Gasteiger partial charge in [0.15, 0.2) is 0 Å². The van der Waals surface area contributed by atoms with E-state index in [1.165, 1.54) is 13.1 Å². The maximum Gasteiger partial charge on any atom is 0.325 e. The van der Waals surface area contributed by atoms with Gasteiger partial charge in [-0.3, -0.25) is 14.3 Å². The predicted octanol–water partition coefficient (Wildman–Crippen LogP) is 0.106.